The maximum atomic E-state index is 12.3. The van der Waals surface area contributed by atoms with E-state index in [1.165, 1.54) is 4.90 Å². The van der Waals surface area contributed by atoms with E-state index >= 15 is 0 Å². The molecule has 114 valence electrons. The summed E-state index contributed by atoms with van der Waals surface area (Å²) in [4.78, 5) is 25.1. The smallest absolute Gasteiger partial charge is 0.326 e. The number of amides is 1. The predicted octanol–water partition coefficient (Wildman–Crippen LogP) is 3.16. The number of carboxylic acid groups (broad SMARTS) is 1. The summed E-state index contributed by atoms with van der Waals surface area (Å²) in [6.45, 7) is 2.58. The minimum atomic E-state index is -0.887. The molecule has 0 unspecified atom stereocenters. The first-order chi connectivity index (χ1) is 9.99. The van der Waals surface area contributed by atoms with Gasteiger partial charge < -0.3 is 10.0 Å². The van der Waals surface area contributed by atoms with Gasteiger partial charge in [0.05, 0.1) is 0 Å². The number of nitrogens with zero attached hydrogens (tertiary/aromatic N) is 1. The largest absolute Gasteiger partial charge is 0.480 e. The van der Waals surface area contributed by atoms with Crippen LogP contribution in [-0.4, -0.2) is 34.5 Å². The Kier molecular flexibility index (Phi) is 5.39. The van der Waals surface area contributed by atoms with Gasteiger partial charge in [-0.25, -0.2) is 4.79 Å². The number of aliphatic carboxylic acids is 1. The number of aryl methyl sites for hydroxylation is 2. The second-order valence-corrected chi connectivity index (χ2v) is 6.37. The zero-order valence-corrected chi connectivity index (χ0v) is 13.7. The molecular weight excluding hydrogens is 334 g/mol. The average molecular weight is 354 g/mol. The Labute approximate surface area is 133 Å². The minimum Gasteiger partial charge on any atom is -0.480 e. The lowest BCUT2D eigenvalue weighted by Crippen LogP contribution is -2.48. The van der Waals surface area contributed by atoms with Gasteiger partial charge in [0.25, 0.3) is 0 Å². The molecule has 5 heteroatoms. The Morgan fingerprint density at radius 3 is 2.81 bits per heavy atom. The van der Waals surface area contributed by atoms with E-state index in [1.807, 2.05) is 19.1 Å². The molecule has 1 saturated heterocycles. The molecule has 1 aromatic rings. The number of carbonyl (C=O) groups excluding carboxylic acids is 1. The minimum absolute atomic E-state index is 0.0531. The summed E-state index contributed by atoms with van der Waals surface area (Å²) in [5.41, 5.74) is 2.24. The molecule has 1 aliphatic heterocycles. The van der Waals surface area contributed by atoms with Crippen molar-refractivity contribution in [1.82, 2.24) is 4.90 Å². The number of halogens is 1. The standard InChI is InChI=1S/C16H20BrNO3/c1-11-10-12(5-7-13(11)17)6-8-15(19)18-9-3-2-4-14(18)16(20)21/h5,7,10,14H,2-4,6,8-9H2,1H3,(H,20,21)/t14-/m1/s1. The average Bonchev–Trinajstić information content (AvgIpc) is 2.48. The summed E-state index contributed by atoms with van der Waals surface area (Å²) in [7, 11) is 0. The van der Waals surface area contributed by atoms with Crippen LogP contribution in [0.3, 0.4) is 0 Å². The van der Waals surface area contributed by atoms with Crippen molar-refractivity contribution in [1.29, 1.82) is 0 Å². The van der Waals surface area contributed by atoms with Crippen molar-refractivity contribution in [3.05, 3.63) is 33.8 Å². The van der Waals surface area contributed by atoms with Crippen molar-refractivity contribution in [2.75, 3.05) is 6.54 Å². The second kappa shape index (κ2) is 7.07. The van der Waals surface area contributed by atoms with Gasteiger partial charge in [0.1, 0.15) is 6.04 Å². The van der Waals surface area contributed by atoms with Gasteiger partial charge >= 0.3 is 5.97 Å². The molecule has 0 aliphatic carbocycles. The maximum absolute atomic E-state index is 12.3. The lowest BCUT2D eigenvalue weighted by atomic mass is 10.0. The first kappa shape index (κ1) is 16.0. The topological polar surface area (TPSA) is 57.6 Å². The number of likely N-dealkylation sites (tertiary alicyclic amines) is 1. The number of rotatable bonds is 4. The van der Waals surface area contributed by atoms with Crippen LogP contribution in [0, 0.1) is 6.92 Å². The van der Waals surface area contributed by atoms with Crippen molar-refractivity contribution < 1.29 is 14.7 Å². The molecule has 0 aromatic heterocycles. The van der Waals surface area contributed by atoms with E-state index in [0.717, 1.165) is 28.4 Å². The zero-order valence-electron chi connectivity index (χ0n) is 12.1. The summed E-state index contributed by atoms with van der Waals surface area (Å²) >= 11 is 3.46. The molecular formula is C16H20BrNO3. The fourth-order valence-corrected chi connectivity index (χ4v) is 2.99. The predicted molar refractivity (Wildman–Crippen MR) is 84.2 cm³/mol. The monoisotopic (exact) mass is 353 g/mol. The molecule has 1 N–H and O–H groups in total. The van der Waals surface area contributed by atoms with E-state index in [4.69, 9.17) is 0 Å². The van der Waals surface area contributed by atoms with Crippen molar-refractivity contribution in [3.63, 3.8) is 0 Å². The third-order valence-corrected chi connectivity index (χ3v) is 4.85. The summed E-state index contributed by atoms with van der Waals surface area (Å²) in [5.74, 6) is -0.940. The van der Waals surface area contributed by atoms with Gasteiger partial charge in [-0.15, -0.1) is 0 Å². The molecule has 1 aliphatic rings. The Balaban J connectivity index is 1.96. The SMILES string of the molecule is Cc1cc(CCC(=O)N2CCCC[C@@H]2C(=O)O)ccc1Br. The van der Waals surface area contributed by atoms with Crippen LogP contribution in [0.15, 0.2) is 22.7 Å². The molecule has 0 bridgehead atoms. The van der Waals surface area contributed by atoms with Crippen LogP contribution in [0.25, 0.3) is 0 Å². The van der Waals surface area contributed by atoms with Gasteiger partial charge in [-0.1, -0.05) is 28.1 Å². The Morgan fingerprint density at radius 2 is 2.14 bits per heavy atom. The highest BCUT2D eigenvalue weighted by Crippen LogP contribution is 2.21. The quantitative estimate of drug-likeness (QED) is 0.904. The third-order valence-electron chi connectivity index (χ3n) is 3.96. The van der Waals surface area contributed by atoms with Crippen LogP contribution in [0.2, 0.25) is 0 Å². The fourth-order valence-electron chi connectivity index (χ4n) is 2.74. The number of hydrogen-bond acceptors (Lipinski definition) is 2. The number of carbonyl (C=O) groups is 2. The van der Waals surface area contributed by atoms with E-state index in [1.54, 1.807) is 0 Å². The molecule has 1 fully saturated rings. The summed E-state index contributed by atoms with van der Waals surface area (Å²) in [6.07, 6.45) is 3.36. The van der Waals surface area contributed by atoms with Crippen molar-refractivity contribution >= 4 is 27.8 Å². The van der Waals surface area contributed by atoms with Crippen LogP contribution < -0.4 is 0 Å². The molecule has 21 heavy (non-hydrogen) atoms. The van der Waals surface area contributed by atoms with Gasteiger partial charge in [0.2, 0.25) is 5.91 Å². The highest BCUT2D eigenvalue weighted by atomic mass is 79.9. The molecule has 1 atom stereocenters. The Hall–Kier alpha value is -1.36. The van der Waals surface area contributed by atoms with Crippen LogP contribution in [0.4, 0.5) is 0 Å². The van der Waals surface area contributed by atoms with Gasteiger partial charge in [-0.3, -0.25) is 4.79 Å². The van der Waals surface area contributed by atoms with Crippen LogP contribution >= 0.6 is 15.9 Å². The van der Waals surface area contributed by atoms with E-state index < -0.39 is 12.0 Å². The molecule has 0 spiro atoms. The molecule has 1 amide bonds. The Bertz CT molecular complexity index is 544. The maximum Gasteiger partial charge on any atom is 0.326 e. The first-order valence-corrected chi connectivity index (χ1v) is 8.05. The molecule has 4 nitrogen and oxygen atoms in total. The number of carboxylic acids is 1. The summed E-state index contributed by atoms with van der Waals surface area (Å²) in [5, 5.41) is 9.21. The Morgan fingerprint density at radius 1 is 1.38 bits per heavy atom. The van der Waals surface area contributed by atoms with E-state index in [2.05, 4.69) is 22.0 Å². The van der Waals surface area contributed by atoms with Gasteiger partial charge in [-0.2, -0.15) is 0 Å². The molecule has 0 saturated carbocycles. The highest BCUT2D eigenvalue weighted by Gasteiger charge is 2.31. The summed E-state index contributed by atoms with van der Waals surface area (Å²) < 4.78 is 1.06. The van der Waals surface area contributed by atoms with Crippen molar-refractivity contribution in [2.24, 2.45) is 0 Å². The third kappa shape index (κ3) is 4.06. The van der Waals surface area contributed by atoms with Crippen molar-refractivity contribution in [2.45, 2.75) is 45.1 Å². The highest BCUT2D eigenvalue weighted by molar-refractivity contribution is 9.10. The fraction of sp³-hybridized carbons (Fsp3) is 0.500. The zero-order chi connectivity index (χ0) is 15.4. The van der Waals surface area contributed by atoms with Crippen LogP contribution in [0.1, 0.15) is 36.8 Å². The van der Waals surface area contributed by atoms with Crippen molar-refractivity contribution in [3.8, 4) is 0 Å². The van der Waals surface area contributed by atoms with Crippen LogP contribution in [0.5, 0.6) is 0 Å². The van der Waals surface area contributed by atoms with E-state index in [-0.39, 0.29) is 5.91 Å². The summed E-state index contributed by atoms with van der Waals surface area (Å²) in [6, 6.07) is 5.39. The lowest BCUT2D eigenvalue weighted by molar-refractivity contribution is -0.152. The normalized spacial score (nSPS) is 18.6. The van der Waals surface area contributed by atoms with Gasteiger partial charge in [-0.05, 0) is 49.8 Å². The number of hydrogen-bond donors (Lipinski definition) is 1. The van der Waals surface area contributed by atoms with E-state index in [9.17, 15) is 14.7 Å². The molecule has 2 rings (SSSR count). The van der Waals surface area contributed by atoms with Gasteiger partial charge in [0.15, 0.2) is 0 Å². The van der Waals surface area contributed by atoms with Gasteiger partial charge in [0, 0.05) is 17.4 Å². The molecule has 1 aromatic carbocycles. The van der Waals surface area contributed by atoms with Crippen LogP contribution in [-0.2, 0) is 16.0 Å². The van der Waals surface area contributed by atoms with E-state index in [0.29, 0.717) is 25.8 Å². The lowest BCUT2D eigenvalue weighted by Gasteiger charge is -2.33. The molecule has 1 heterocycles. The first-order valence-electron chi connectivity index (χ1n) is 7.26. The second-order valence-electron chi connectivity index (χ2n) is 5.52. The number of benzene rings is 1. The molecule has 0 radical (unpaired) electrons. The number of piperidine rings is 1.